The van der Waals surface area contributed by atoms with E-state index in [1.165, 1.54) is 23.1 Å². The molecule has 0 saturated carbocycles. The van der Waals surface area contributed by atoms with Crippen LogP contribution in [0, 0.1) is 0 Å². The van der Waals surface area contributed by atoms with Gasteiger partial charge in [-0.1, -0.05) is 19.1 Å². The average Bonchev–Trinajstić information content (AvgIpc) is 3.13. The van der Waals surface area contributed by atoms with E-state index in [0.717, 1.165) is 31.4 Å². The minimum atomic E-state index is -4.53. The zero-order chi connectivity index (χ0) is 19.4. The van der Waals surface area contributed by atoms with Crippen LogP contribution >= 0.6 is 0 Å². The largest absolute Gasteiger partial charge is 0.417 e. The first-order valence-corrected chi connectivity index (χ1v) is 9.08. The van der Waals surface area contributed by atoms with E-state index < -0.39 is 17.6 Å². The number of aryl methyl sites for hydroxylation is 1. The third kappa shape index (κ3) is 4.50. The molecule has 1 aromatic heterocycles. The van der Waals surface area contributed by atoms with E-state index in [2.05, 4.69) is 21.4 Å². The lowest BCUT2D eigenvalue weighted by molar-refractivity contribution is -0.138. The second-order valence-corrected chi connectivity index (χ2v) is 6.57. The number of hydrogen-bond acceptors (Lipinski definition) is 3. The van der Waals surface area contributed by atoms with E-state index >= 15 is 0 Å². The number of imidazole rings is 1. The van der Waals surface area contributed by atoms with Crippen LogP contribution in [0.4, 0.5) is 13.2 Å². The average molecular weight is 380 g/mol. The lowest BCUT2D eigenvalue weighted by atomic mass is 10.1. The summed E-state index contributed by atoms with van der Waals surface area (Å²) in [6.07, 6.45) is 0.0734. The molecule has 1 aromatic carbocycles. The third-order valence-corrected chi connectivity index (χ3v) is 4.90. The van der Waals surface area contributed by atoms with Gasteiger partial charge in [-0.05, 0) is 12.1 Å². The van der Waals surface area contributed by atoms with Crippen molar-refractivity contribution in [1.82, 2.24) is 19.4 Å². The molecule has 0 unspecified atom stereocenters. The number of carbonyl (C=O) groups is 1. The van der Waals surface area contributed by atoms with Gasteiger partial charge in [-0.15, -0.1) is 0 Å². The van der Waals surface area contributed by atoms with Crippen LogP contribution in [0.5, 0.6) is 0 Å². The Hall–Kier alpha value is -2.35. The second kappa shape index (κ2) is 8.12. The molecule has 2 aromatic rings. The summed E-state index contributed by atoms with van der Waals surface area (Å²) in [5, 5.41) is 0. The Morgan fingerprint density at radius 3 is 2.48 bits per heavy atom. The van der Waals surface area contributed by atoms with Gasteiger partial charge in [-0.3, -0.25) is 9.69 Å². The van der Waals surface area contributed by atoms with Gasteiger partial charge in [-0.2, -0.15) is 13.2 Å². The van der Waals surface area contributed by atoms with Crippen molar-refractivity contribution in [3.8, 4) is 0 Å². The Labute approximate surface area is 156 Å². The van der Waals surface area contributed by atoms with Crippen molar-refractivity contribution in [1.29, 1.82) is 0 Å². The molecule has 8 heteroatoms. The van der Waals surface area contributed by atoms with Crippen LogP contribution in [-0.2, 0) is 19.1 Å². The maximum Gasteiger partial charge on any atom is 0.417 e. The molecule has 3 rings (SSSR count). The van der Waals surface area contributed by atoms with Crippen LogP contribution < -0.4 is 0 Å². The van der Waals surface area contributed by atoms with E-state index in [4.69, 9.17) is 0 Å². The summed E-state index contributed by atoms with van der Waals surface area (Å²) < 4.78 is 41.6. The molecular formula is C19H23F3N4O. The van der Waals surface area contributed by atoms with Gasteiger partial charge in [0.2, 0.25) is 0 Å². The quantitative estimate of drug-likeness (QED) is 0.801. The molecular weight excluding hydrogens is 357 g/mol. The standard InChI is InChI=1S/C19H23F3N4O/c1-2-17-23-7-8-25(17)12-9-24-10-13-26(14-11-24)18(27)15-5-3-4-6-16(15)19(20,21)22/h3-8H,2,9-14H2,1H3. The molecule has 1 fully saturated rings. The molecule has 27 heavy (non-hydrogen) atoms. The maximum atomic E-state index is 13.1. The van der Waals surface area contributed by atoms with Gasteiger partial charge in [0.15, 0.2) is 0 Å². The minimum absolute atomic E-state index is 0.274. The van der Waals surface area contributed by atoms with Crippen molar-refractivity contribution < 1.29 is 18.0 Å². The molecule has 1 saturated heterocycles. The van der Waals surface area contributed by atoms with E-state index in [0.29, 0.717) is 26.2 Å². The zero-order valence-corrected chi connectivity index (χ0v) is 15.2. The highest BCUT2D eigenvalue weighted by Crippen LogP contribution is 2.32. The molecule has 0 bridgehead atoms. The van der Waals surface area contributed by atoms with Crippen LogP contribution in [0.2, 0.25) is 0 Å². The third-order valence-electron chi connectivity index (χ3n) is 4.90. The maximum absolute atomic E-state index is 13.1. The lowest BCUT2D eigenvalue weighted by Gasteiger charge is -2.35. The first kappa shape index (κ1) is 19.4. The highest BCUT2D eigenvalue weighted by molar-refractivity contribution is 5.96. The fourth-order valence-electron chi connectivity index (χ4n) is 3.37. The Kier molecular flexibility index (Phi) is 5.84. The molecule has 0 atom stereocenters. The van der Waals surface area contributed by atoms with E-state index in [1.54, 1.807) is 6.20 Å². The number of alkyl halides is 3. The van der Waals surface area contributed by atoms with Gasteiger partial charge in [0, 0.05) is 58.1 Å². The number of halogens is 3. The first-order valence-electron chi connectivity index (χ1n) is 9.08. The van der Waals surface area contributed by atoms with E-state index in [1.807, 2.05) is 6.20 Å². The Morgan fingerprint density at radius 1 is 1.11 bits per heavy atom. The molecule has 2 heterocycles. The molecule has 5 nitrogen and oxygen atoms in total. The van der Waals surface area contributed by atoms with E-state index in [-0.39, 0.29) is 5.56 Å². The molecule has 0 spiro atoms. The smallest absolute Gasteiger partial charge is 0.336 e. The summed E-state index contributed by atoms with van der Waals surface area (Å²) in [4.78, 5) is 20.6. The number of piperazine rings is 1. The SMILES string of the molecule is CCc1nccn1CCN1CCN(C(=O)c2ccccc2C(F)(F)F)CC1. The topological polar surface area (TPSA) is 41.4 Å². The highest BCUT2D eigenvalue weighted by atomic mass is 19.4. The van der Waals surface area contributed by atoms with Gasteiger partial charge in [0.05, 0.1) is 11.1 Å². The summed E-state index contributed by atoms with van der Waals surface area (Å²) in [6.45, 7) is 5.85. The summed E-state index contributed by atoms with van der Waals surface area (Å²) in [6, 6.07) is 4.98. The van der Waals surface area contributed by atoms with Gasteiger partial charge in [0.1, 0.15) is 5.82 Å². The molecule has 0 aliphatic carbocycles. The summed E-state index contributed by atoms with van der Waals surface area (Å²) in [7, 11) is 0. The normalized spacial score (nSPS) is 15.9. The zero-order valence-electron chi connectivity index (χ0n) is 15.2. The summed E-state index contributed by atoms with van der Waals surface area (Å²) >= 11 is 0. The lowest BCUT2D eigenvalue weighted by Crippen LogP contribution is -2.49. The monoisotopic (exact) mass is 380 g/mol. The number of nitrogens with zero attached hydrogens (tertiary/aromatic N) is 4. The Balaban J connectivity index is 1.57. The van der Waals surface area contributed by atoms with Crippen molar-refractivity contribution in [2.24, 2.45) is 0 Å². The molecule has 1 amide bonds. The second-order valence-electron chi connectivity index (χ2n) is 6.57. The van der Waals surface area contributed by atoms with Crippen LogP contribution in [0.3, 0.4) is 0 Å². The van der Waals surface area contributed by atoms with Crippen molar-refractivity contribution >= 4 is 5.91 Å². The number of amides is 1. The molecule has 1 aliphatic heterocycles. The predicted molar refractivity (Wildman–Crippen MR) is 95.4 cm³/mol. The van der Waals surface area contributed by atoms with Crippen LogP contribution in [-0.4, -0.2) is 58.0 Å². The fourth-order valence-corrected chi connectivity index (χ4v) is 3.37. The summed E-state index contributed by atoms with van der Waals surface area (Å²) in [5.74, 6) is 0.484. The molecule has 0 radical (unpaired) electrons. The van der Waals surface area contributed by atoms with Crippen LogP contribution in [0.1, 0.15) is 28.7 Å². The summed E-state index contributed by atoms with van der Waals surface area (Å²) in [5.41, 5.74) is -1.14. The van der Waals surface area contributed by atoms with Crippen molar-refractivity contribution in [2.75, 3.05) is 32.7 Å². The molecule has 146 valence electrons. The number of hydrogen-bond donors (Lipinski definition) is 0. The number of benzene rings is 1. The molecule has 1 aliphatic rings. The van der Waals surface area contributed by atoms with Gasteiger partial charge < -0.3 is 9.47 Å². The van der Waals surface area contributed by atoms with Crippen molar-refractivity contribution in [2.45, 2.75) is 26.1 Å². The Bertz CT molecular complexity index is 779. The molecule has 0 N–H and O–H groups in total. The van der Waals surface area contributed by atoms with Gasteiger partial charge in [-0.25, -0.2) is 4.98 Å². The number of aromatic nitrogens is 2. The van der Waals surface area contributed by atoms with Crippen molar-refractivity contribution in [3.63, 3.8) is 0 Å². The van der Waals surface area contributed by atoms with Crippen LogP contribution in [0.25, 0.3) is 0 Å². The number of carbonyl (C=O) groups excluding carboxylic acids is 1. The Morgan fingerprint density at radius 2 is 1.81 bits per heavy atom. The van der Waals surface area contributed by atoms with E-state index in [9.17, 15) is 18.0 Å². The van der Waals surface area contributed by atoms with Crippen LogP contribution in [0.15, 0.2) is 36.7 Å². The fraction of sp³-hybridized carbons (Fsp3) is 0.474. The van der Waals surface area contributed by atoms with Gasteiger partial charge in [0.25, 0.3) is 5.91 Å². The highest BCUT2D eigenvalue weighted by Gasteiger charge is 2.36. The van der Waals surface area contributed by atoms with Crippen molar-refractivity contribution in [3.05, 3.63) is 53.6 Å². The number of rotatable bonds is 5. The van der Waals surface area contributed by atoms with Gasteiger partial charge >= 0.3 is 6.18 Å². The first-order chi connectivity index (χ1) is 12.9. The predicted octanol–water partition coefficient (Wildman–Crippen LogP) is 2.92. The minimum Gasteiger partial charge on any atom is -0.336 e.